The maximum Gasteiger partial charge on any atom is 0.331 e. The maximum atomic E-state index is 12.6. The summed E-state index contributed by atoms with van der Waals surface area (Å²) in [5, 5.41) is 1.19. The first-order valence-electron chi connectivity index (χ1n) is 11.9. The highest BCUT2D eigenvalue weighted by atomic mass is 35.5. The highest BCUT2D eigenvalue weighted by Gasteiger charge is 2.31. The van der Waals surface area contributed by atoms with E-state index in [1.54, 1.807) is 17.0 Å². The van der Waals surface area contributed by atoms with Crippen molar-refractivity contribution in [2.24, 2.45) is 0 Å². The Balaban J connectivity index is 1.24. The molecule has 2 amide bonds. The molecule has 35 heavy (non-hydrogen) atoms. The van der Waals surface area contributed by atoms with Crippen LogP contribution in [-0.2, 0) is 10.0 Å². The van der Waals surface area contributed by atoms with Crippen molar-refractivity contribution in [2.45, 2.75) is 56.6 Å². The Labute approximate surface area is 217 Å². The van der Waals surface area contributed by atoms with Crippen molar-refractivity contribution in [3.8, 4) is 5.75 Å². The Hall–Kier alpha value is -2.00. The quantitative estimate of drug-likeness (QED) is 0.577. The molecule has 7 nitrogen and oxygen atoms in total. The fourth-order valence-electron chi connectivity index (χ4n) is 4.66. The Morgan fingerprint density at radius 1 is 0.943 bits per heavy atom. The summed E-state index contributed by atoms with van der Waals surface area (Å²) in [6, 6.07) is 9.88. The molecule has 2 fully saturated rings. The zero-order valence-corrected chi connectivity index (χ0v) is 22.3. The molecule has 190 valence electrons. The van der Waals surface area contributed by atoms with Gasteiger partial charge in [-0.15, -0.1) is 0 Å². The van der Waals surface area contributed by atoms with E-state index in [1.807, 2.05) is 26.0 Å². The van der Waals surface area contributed by atoms with Gasteiger partial charge in [0.05, 0.1) is 9.92 Å². The number of carbonyl (C=O) groups excluding carboxylic acids is 1. The van der Waals surface area contributed by atoms with Gasteiger partial charge in [0, 0.05) is 37.2 Å². The molecule has 2 heterocycles. The molecule has 2 aromatic rings. The number of benzene rings is 2. The molecule has 2 aliphatic rings. The molecule has 2 aromatic carbocycles. The molecule has 0 unspecified atom stereocenters. The Morgan fingerprint density at radius 2 is 1.57 bits per heavy atom. The van der Waals surface area contributed by atoms with Gasteiger partial charge in [0.1, 0.15) is 11.9 Å². The minimum atomic E-state index is -3.88. The number of likely N-dealkylation sites (tertiary alicyclic amines) is 2. The molecular formula is C25H31Cl2N3O4S. The van der Waals surface area contributed by atoms with Crippen molar-refractivity contribution < 1.29 is 17.9 Å². The van der Waals surface area contributed by atoms with E-state index in [9.17, 15) is 13.2 Å². The Kier molecular flexibility index (Phi) is 8.16. The van der Waals surface area contributed by atoms with Gasteiger partial charge in [0.25, 0.3) is 10.0 Å². The van der Waals surface area contributed by atoms with Gasteiger partial charge in [0.15, 0.2) is 0 Å². The highest BCUT2D eigenvalue weighted by Crippen LogP contribution is 2.34. The van der Waals surface area contributed by atoms with Crippen LogP contribution in [0.5, 0.6) is 5.75 Å². The van der Waals surface area contributed by atoms with Crippen LogP contribution in [0.15, 0.2) is 41.3 Å². The number of piperidine rings is 2. The second-order valence-corrected chi connectivity index (χ2v) is 11.7. The summed E-state index contributed by atoms with van der Waals surface area (Å²) in [6.07, 6.45) is 3.51. The summed E-state index contributed by atoms with van der Waals surface area (Å²) in [7, 11) is -3.88. The average Bonchev–Trinajstić information content (AvgIpc) is 2.85. The molecule has 0 aliphatic carbocycles. The lowest BCUT2D eigenvalue weighted by atomic mass is 9.99. The minimum Gasteiger partial charge on any atom is -0.489 e. The normalized spacial score (nSPS) is 18.5. The van der Waals surface area contributed by atoms with Crippen molar-refractivity contribution in [1.82, 2.24) is 14.5 Å². The van der Waals surface area contributed by atoms with Crippen molar-refractivity contribution in [3.63, 3.8) is 0 Å². The van der Waals surface area contributed by atoms with Crippen molar-refractivity contribution in [2.75, 3.05) is 26.2 Å². The molecule has 2 aliphatic heterocycles. The summed E-state index contributed by atoms with van der Waals surface area (Å²) in [6.45, 7) is 6.63. The van der Waals surface area contributed by atoms with Crippen LogP contribution in [0, 0.1) is 13.8 Å². The van der Waals surface area contributed by atoms with E-state index in [-0.39, 0.29) is 11.0 Å². The molecule has 0 atom stereocenters. The predicted octanol–water partition coefficient (Wildman–Crippen LogP) is 5.02. The first-order valence-corrected chi connectivity index (χ1v) is 14.1. The third-order valence-electron chi connectivity index (χ3n) is 6.88. The number of carbonyl (C=O) groups is 1. The van der Waals surface area contributed by atoms with Crippen molar-refractivity contribution in [3.05, 3.63) is 57.6 Å². The van der Waals surface area contributed by atoms with Crippen LogP contribution in [0.2, 0.25) is 10.0 Å². The Bertz CT molecular complexity index is 1160. The van der Waals surface area contributed by atoms with E-state index in [0.717, 1.165) is 49.9 Å². The van der Waals surface area contributed by atoms with Crippen LogP contribution in [0.25, 0.3) is 0 Å². The first-order chi connectivity index (χ1) is 16.6. The van der Waals surface area contributed by atoms with Gasteiger partial charge in [-0.05, 0) is 69.4 Å². The van der Waals surface area contributed by atoms with Gasteiger partial charge in [-0.3, -0.25) is 4.90 Å². The predicted molar refractivity (Wildman–Crippen MR) is 138 cm³/mol. The summed E-state index contributed by atoms with van der Waals surface area (Å²) in [4.78, 5) is 16.7. The lowest BCUT2D eigenvalue weighted by molar-refractivity contribution is 0.0540. The summed E-state index contributed by atoms with van der Waals surface area (Å²) >= 11 is 12.5. The average molecular weight is 541 g/mol. The third kappa shape index (κ3) is 6.23. The Morgan fingerprint density at radius 3 is 2.20 bits per heavy atom. The lowest BCUT2D eigenvalue weighted by Crippen LogP contribution is -2.52. The molecule has 0 spiro atoms. The topological polar surface area (TPSA) is 79.0 Å². The molecule has 0 bridgehead atoms. The SMILES string of the molecule is Cc1ccc(S(=O)(=O)NC(=O)N2CCC(N3CCC(Oc4ccc(Cl)c(C)c4Cl)CC3)CC2)cc1. The van der Waals surface area contributed by atoms with Gasteiger partial charge in [-0.1, -0.05) is 40.9 Å². The maximum absolute atomic E-state index is 12.6. The lowest BCUT2D eigenvalue weighted by Gasteiger charge is -2.41. The van der Waals surface area contributed by atoms with E-state index in [4.69, 9.17) is 27.9 Å². The number of sulfonamides is 1. The highest BCUT2D eigenvalue weighted by molar-refractivity contribution is 7.90. The number of hydrogen-bond donors (Lipinski definition) is 1. The van der Waals surface area contributed by atoms with Gasteiger partial charge < -0.3 is 9.64 Å². The van der Waals surface area contributed by atoms with Crippen LogP contribution < -0.4 is 9.46 Å². The van der Waals surface area contributed by atoms with Crippen LogP contribution in [0.4, 0.5) is 4.79 Å². The largest absolute Gasteiger partial charge is 0.489 e. The fraction of sp³-hybridized carbons (Fsp3) is 0.480. The number of nitrogens with zero attached hydrogens (tertiary/aromatic N) is 2. The summed E-state index contributed by atoms with van der Waals surface area (Å²) in [5.74, 6) is 0.673. The second kappa shape index (κ2) is 10.9. The third-order valence-corrected chi connectivity index (χ3v) is 9.09. The standard InChI is InChI=1S/C25H31Cl2N3O4S/c1-17-3-5-21(6-4-17)35(32,33)28-25(31)30-13-9-19(10-14-30)29-15-11-20(12-16-29)34-23-8-7-22(26)18(2)24(23)27/h3-8,19-20H,9-16H2,1-2H3,(H,28,31). The summed E-state index contributed by atoms with van der Waals surface area (Å²) in [5.41, 5.74) is 1.78. The molecule has 0 aromatic heterocycles. The molecular weight excluding hydrogens is 509 g/mol. The van der Waals surface area contributed by atoms with Crippen LogP contribution in [-0.4, -0.2) is 62.6 Å². The molecule has 4 rings (SSSR count). The number of hydrogen-bond acceptors (Lipinski definition) is 5. The monoisotopic (exact) mass is 539 g/mol. The molecule has 0 saturated carbocycles. The first kappa shape index (κ1) is 26.1. The fourth-order valence-corrected chi connectivity index (χ4v) is 6.04. The van der Waals surface area contributed by atoms with Gasteiger partial charge in [-0.2, -0.15) is 0 Å². The zero-order chi connectivity index (χ0) is 25.2. The van der Waals surface area contributed by atoms with E-state index in [0.29, 0.717) is 34.9 Å². The molecule has 1 N–H and O–H groups in total. The van der Waals surface area contributed by atoms with E-state index < -0.39 is 16.1 Å². The molecule has 2 saturated heterocycles. The molecule has 0 radical (unpaired) electrons. The van der Waals surface area contributed by atoms with Gasteiger partial charge in [-0.25, -0.2) is 17.9 Å². The van der Waals surface area contributed by atoms with E-state index >= 15 is 0 Å². The number of nitrogens with one attached hydrogen (secondary N) is 1. The van der Waals surface area contributed by atoms with E-state index in [2.05, 4.69) is 9.62 Å². The number of amides is 2. The van der Waals surface area contributed by atoms with E-state index in [1.165, 1.54) is 12.1 Å². The van der Waals surface area contributed by atoms with Gasteiger partial charge in [0.2, 0.25) is 0 Å². The number of halogens is 2. The zero-order valence-electron chi connectivity index (χ0n) is 20.0. The smallest absolute Gasteiger partial charge is 0.331 e. The van der Waals surface area contributed by atoms with Crippen molar-refractivity contribution in [1.29, 1.82) is 0 Å². The van der Waals surface area contributed by atoms with Crippen LogP contribution in [0.1, 0.15) is 36.8 Å². The van der Waals surface area contributed by atoms with Crippen LogP contribution >= 0.6 is 23.2 Å². The number of ether oxygens (including phenoxy) is 1. The number of urea groups is 1. The molecule has 10 heteroatoms. The number of aryl methyl sites for hydroxylation is 1. The van der Waals surface area contributed by atoms with Crippen LogP contribution in [0.3, 0.4) is 0 Å². The second-order valence-electron chi connectivity index (χ2n) is 9.28. The van der Waals surface area contributed by atoms with Gasteiger partial charge >= 0.3 is 6.03 Å². The minimum absolute atomic E-state index is 0.0893. The summed E-state index contributed by atoms with van der Waals surface area (Å²) < 4.78 is 33.4. The van der Waals surface area contributed by atoms with Crippen molar-refractivity contribution >= 4 is 39.3 Å². The number of rotatable bonds is 5.